The normalized spacial score (nSPS) is 19.3. The van der Waals surface area contributed by atoms with Gasteiger partial charge >= 0.3 is 0 Å². The fraction of sp³-hybridized carbons (Fsp3) is 0.533. The molecule has 3 nitrogen and oxygen atoms in total. The SMILES string of the molecule is O=C(Nc1cc(N2CCCCC2)ccc1Cl)C1CC1. The van der Waals surface area contributed by atoms with Crippen LogP contribution in [0, 0.1) is 5.92 Å². The van der Waals surface area contributed by atoms with Crippen LogP contribution >= 0.6 is 11.6 Å². The lowest BCUT2D eigenvalue weighted by Gasteiger charge is -2.29. The molecule has 1 heterocycles. The first kappa shape index (κ1) is 12.8. The Hall–Kier alpha value is -1.22. The molecular weight excluding hydrogens is 260 g/mol. The molecule has 0 aromatic heterocycles. The molecule has 1 amide bonds. The number of rotatable bonds is 3. The molecule has 2 fully saturated rings. The van der Waals surface area contributed by atoms with Crippen LogP contribution in [0.15, 0.2) is 18.2 Å². The summed E-state index contributed by atoms with van der Waals surface area (Å²) in [5.74, 6) is 0.312. The monoisotopic (exact) mass is 278 g/mol. The number of piperidine rings is 1. The summed E-state index contributed by atoms with van der Waals surface area (Å²) in [7, 11) is 0. The number of nitrogens with one attached hydrogen (secondary N) is 1. The fourth-order valence-electron chi connectivity index (χ4n) is 2.54. The maximum Gasteiger partial charge on any atom is 0.227 e. The zero-order valence-corrected chi connectivity index (χ0v) is 11.7. The van der Waals surface area contributed by atoms with E-state index in [1.165, 1.54) is 19.3 Å². The summed E-state index contributed by atoms with van der Waals surface area (Å²) in [5.41, 5.74) is 1.91. The highest BCUT2D eigenvalue weighted by Crippen LogP contribution is 2.33. The van der Waals surface area contributed by atoms with Crippen LogP contribution in [-0.2, 0) is 4.79 Å². The number of benzene rings is 1. The van der Waals surface area contributed by atoms with Crippen molar-refractivity contribution >= 4 is 28.9 Å². The van der Waals surface area contributed by atoms with Crippen molar-refractivity contribution in [2.24, 2.45) is 5.92 Å². The number of amides is 1. The van der Waals surface area contributed by atoms with Crippen molar-refractivity contribution in [2.45, 2.75) is 32.1 Å². The molecule has 1 saturated heterocycles. The molecule has 0 unspecified atom stereocenters. The van der Waals surface area contributed by atoms with Crippen molar-refractivity contribution in [3.8, 4) is 0 Å². The third kappa shape index (κ3) is 3.03. The fourth-order valence-corrected chi connectivity index (χ4v) is 2.70. The molecule has 1 aliphatic heterocycles. The van der Waals surface area contributed by atoms with E-state index in [0.29, 0.717) is 5.02 Å². The van der Waals surface area contributed by atoms with Crippen LogP contribution in [0.2, 0.25) is 5.02 Å². The minimum absolute atomic E-state index is 0.109. The van der Waals surface area contributed by atoms with Crippen molar-refractivity contribution in [3.63, 3.8) is 0 Å². The summed E-state index contributed by atoms with van der Waals surface area (Å²) in [6, 6.07) is 5.93. The van der Waals surface area contributed by atoms with Crippen molar-refractivity contribution in [1.29, 1.82) is 0 Å². The molecule has 102 valence electrons. The Morgan fingerprint density at radius 1 is 1.21 bits per heavy atom. The number of hydrogen-bond acceptors (Lipinski definition) is 2. The van der Waals surface area contributed by atoms with E-state index in [9.17, 15) is 4.79 Å². The van der Waals surface area contributed by atoms with E-state index in [2.05, 4.69) is 10.2 Å². The Bertz CT molecular complexity index is 479. The van der Waals surface area contributed by atoms with Gasteiger partial charge in [0.2, 0.25) is 5.91 Å². The quantitative estimate of drug-likeness (QED) is 0.915. The molecule has 19 heavy (non-hydrogen) atoms. The van der Waals surface area contributed by atoms with Crippen LogP contribution in [-0.4, -0.2) is 19.0 Å². The topological polar surface area (TPSA) is 32.3 Å². The average molecular weight is 279 g/mol. The number of carbonyl (C=O) groups is 1. The molecule has 2 aliphatic rings. The van der Waals surface area contributed by atoms with Gasteiger partial charge in [0, 0.05) is 24.7 Å². The molecule has 0 radical (unpaired) electrons. The van der Waals surface area contributed by atoms with Gasteiger partial charge in [-0.15, -0.1) is 0 Å². The summed E-state index contributed by atoms with van der Waals surface area (Å²) in [4.78, 5) is 14.2. The molecule has 1 aliphatic carbocycles. The van der Waals surface area contributed by atoms with E-state index in [1.807, 2.05) is 18.2 Å². The lowest BCUT2D eigenvalue weighted by atomic mass is 10.1. The van der Waals surface area contributed by atoms with Crippen LogP contribution in [0.4, 0.5) is 11.4 Å². The van der Waals surface area contributed by atoms with Crippen molar-refractivity contribution < 1.29 is 4.79 Å². The van der Waals surface area contributed by atoms with Crippen molar-refractivity contribution in [2.75, 3.05) is 23.3 Å². The van der Waals surface area contributed by atoms with E-state index < -0.39 is 0 Å². The predicted octanol–water partition coefficient (Wildman–Crippen LogP) is 3.68. The first-order chi connectivity index (χ1) is 9.24. The van der Waals surface area contributed by atoms with Gasteiger partial charge in [-0.25, -0.2) is 0 Å². The third-order valence-corrected chi connectivity index (χ3v) is 4.21. The van der Waals surface area contributed by atoms with Gasteiger partial charge in [-0.2, -0.15) is 0 Å². The zero-order chi connectivity index (χ0) is 13.2. The largest absolute Gasteiger partial charge is 0.371 e. The Labute approximate surface area is 118 Å². The summed E-state index contributed by atoms with van der Waals surface area (Å²) in [5, 5.41) is 3.57. The number of hydrogen-bond donors (Lipinski definition) is 1. The summed E-state index contributed by atoms with van der Waals surface area (Å²) < 4.78 is 0. The standard InChI is InChI=1S/C15H19ClN2O/c16-13-7-6-12(18-8-2-1-3-9-18)10-14(13)17-15(19)11-4-5-11/h6-7,10-11H,1-5,8-9H2,(H,17,19). The van der Waals surface area contributed by atoms with Gasteiger partial charge in [0.25, 0.3) is 0 Å². The molecule has 1 saturated carbocycles. The molecule has 1 aromatic carbocycles. The minimum Gasteiger partial charge on any atom is -0.371 e. The smallest absolute Gasteiger partial charge is 0.227 e. The van der Waals surface area contributed by atoms with Gasteiger partial charge < -0.3 is 10.2 Å². The molecule has 0 bridgehead atoms. The number of carbonyl (C=O) groups excluding carboxylic acids is 1. The molecule has 0 spiro atoms. The molecule has 1 aromatic rings. The maximum atomic E-state index is 11.8. The van der Waals surface area contributed by atoms with E-state index in [1.54, 1.807) is 0 Å². The molecule has 3 rings (SSSR count). The van der Waals surface area contributed by atoms with Gasteiger partial charge in [-0.05, 0) is 50.3 Å². The summed E-state index contributed by atoms with van der Waals surface area (Å²) in [6.07, 6.45) is 5.82. The number of halogens is 1. The second-order valence-corrected chi connectivity index (χ2v) is 5.88. The highest BCUT2D eigenvalue weighted by molar-refractivity contribution is 6.33. The molecular formula is C15H19ClN2O. The van der Waals surface area contributed by atoms with Crippen LogP contribution in [0.5, 0.6) is 0 Å². The van der Waals surface area contributed by atoms with E-state index in [-0.39, 0.29) is 11.8 Å². The second kappa shape index (κ2) is 5.41. The van der Waals surface area contributed by atoms with Crippen molar-refractivity contribution in [3.05, 3.63) is 23.2 Å². The predicted molar refractivity (Wildman–Crippen MR) is 78.9 cm³/mol. The van der Waals surface area contributed by atoms with Gasteiger partial charge in [-0.3, -0.25) is 4.79 Å². The third-order valence-electron chi connectivity index (χ3n) is 3.88. The van der Waals surface area contributed by atoms with E-state index in [4.69, 9.17) is 11.6 Å². The van der Waals surface area contributed by atoms with E-state index >= 15 is 0 Å². The molecule has 1 N–H and O–H groups in total. The summed E-state index contributed by atoms with van der Waals surface area (Å²) >= 11 is 6.17. The molecule has 4 heteroatoms. The van der Waals surface area contributed by atoms with Crippen LogP contribution in [0.1, 0.15) is 32.1 Å². The van der Waals surface area contributed by atoms with Gasteiger partial charge in [-0.1, -0.05) is 11.6 Å². The molecule has 0 atom stereocenters. The first-order valence-electron chi connectivity index (χ1n) is 7.09. The Morgan fingerprint density at radius 3 is 2.63 bits per heavy atom. The van der Waals surface area contributed by atoms with E-state index in [0.717, 1.165) is 37.3 Å². The van der Waals surface area contributed by atoms with Gasteiger partial charge in [0.1, 0.15) is 0 Å². The maximum absolute atomic E-state index is 11.8. The van der Waals surface area contributed by atoms with Gasteiger partial charge in [0.05, 0.1) is 10.7 Å². The summed E-state index contributed by atoms with van der Waals surface area (Å²) in [6.45, 7) is 2.19. The number of anilines is 2. The van der Waals surface area contributed by atoms with Crippen LogP contribution in [0.25, 0.3) is 0 Å². The lowest BCUT2D eigenvalue weighted by molar-refractivity contribution is -0.117. The van der Waals surface area contributed by atoms with Crippen molar-refractivity contribution in [1.82, 2.24) is 0 Å². The Morgan fingerprint density at radius 2 is 1.95 bits per heavy atom. The highest BCUT2D eigenvalue weighted by Gasteiger charge is 2.30. The van der Waals surface area contributed by atoms with Gasteiger partial charge in [0.15, 0.2) is 0 Å². The second-order valence-electron chi connectivity index (χ2n) is 5.48. The Kier molecular flexibility index (Phi) is 3.65. The lowest BCUT2D eigenvalue weighted by Crippen LogP contribution is -2.29. The Balaban J connectivity index is 1.76. The minimum atomic E-state index is 0.109. The average Bonchev–Trinajstić information content (AvgIpc) is 3.27. The zero-order valence-electron chi connectivity index (χ0n) is 11.0. The highest BCUT2D eigenvalue weighted by atomic mass is 35.5. The number of nitrogens with zero attached hydrogens (tertiary/aromatic N) is 1. The first-order valence-corrected chi connectivity index (χ1v) is 7.47. The van der Waals surface area contributed by atoms with Crippen LogP contribution in [0.3, 0.4) is 0 Å². The van der Waals surface area contributed by atoms with Crippen LogP contribution < -0.4 is 10.2 Å².